The summed E-state index contributed by atoms with van der Waals surface area (Å²) in [5.74, 6) is 1.07. The number of aryl methyl sites for hydroxylation is 2. The minimum atomic E-state index is -1.02. The fourth-order valence-electron chi connectivity index (χ4n) is 6.87. The number of allylic oxidation sites excluding steroid dienone is 1. The van der Waals surface area contributed by atoms with Crippen LogP contribution in [0.1, 0.15) is 71.8 Å². The molecule has 2 bridgehead atoms. The van der Waals surface area contributed by atoms with Crippen molar-refractivity contribution in [2.45, 2.75) is 70.2 Å². The maximum atomic E-state index is 13.6. The average molecular weight is 494 g/mol. The number of hydrogen-bond acceptors (Lipinski definition) is 8. The predicted octanol–water partition coefficient (Wildman–Crippen LogP) is 4.25. The van der Waals surface area contributed by atoms with E-state index in [1.807, 2.05) is 39.0 Å². The van der Waals surface area contributed by atoms with Crippen LogP contribution in [0.3, 0.4) is 0 Å². The van der Waals surface area contributed by atoms with E-state index < -0.39 is 5.72 Å². The summed E-state index contributed by atoms with van der Waals surface area (Å²) < 4.78 is 14.6. The van der Waals surface area contributed by atoms with Crippen LogP contribution in [0, 0.1) is 41.9 Å². The third-order valence-corrected chi connectivity index (χ3v) is 8.54. The molecule has 2 aromatic rings. The van der Waals surface area contributed by atoms with Crippen LogP contribution < -0.4 is 10.1 Å². The van der Waals surface area contributed by atoms with Gasteiger partial charge in [0.05, 0.1) is 17.6 Å². The molecule has 8 rings (SSSR count). The first-order valence-electron chi connectivity index (χ1n) is 12.6. The van der Waals surface area contributed by atoms with E-state index in [-0.39, 0.29) is 23.0 Å². The van der Waals surface area contributed by atoms with E-state index in [1.165, 1.54) is 6.08 Å². The molecule has 2 atom stereocenters. The lowest BCUT2D eigenvalue weighted by molar-refractivity contribution is -0.565. The van der Waals surface area contributed by atoms with E-state index in [2.05, 4.69) is 16.4 Å². The van der Waals surface area contributed by atoms with Crippen LogP contribution in [-0.2, 0) is 10.5 Å². The quantitative estimate of drug-likeness (QED) is 0.484. The van der Waals surface area contributed by atoms with Crippen LogP contribution in [-0.4, -0.2) is 37.8 Å². The summed E-state index contributed by atoms with van der Waals surface area (Å²) in [6.07, 6.45) is 7.10. The van der Waals surface area contributed by atoms with E-state index in [1.54, 1.807) is 10.7 Å². The van der Waals surface area contributed by atoms with Crippen LogP contribution in [0.15, 0.2) is 18.2 Å². The molecule has 1 aromatic carbocycles. The minimum Gasteiger partial charge on any atom is -0.438 e. The summed E-state index contributed by atoms with van der Waals surface area (Å²) in [5.41, 5.74) is 3.03. The first-order valence-corrected chi connectivity index (χ1v) is 12.6. The van der Waals surface area contributed by atoms with Crippen LogP contribution in [0.2, 0.25) is 0 Å². The molecule has 4 fully saturated rings. The number of hydrogen-bond donors (Lipinski definition) is 1. The molecule has 6 aliphatic rings. The van der Waals surface area contributed by atoms with E-state index in [0.717, 1.165) is 54.5 Å². The zero-order valence-electron chi connectivity index (χ0n) is 20.9. The van der Waals surface area contributed by atoms with Gasteiger partial charge in [-0.2, -0.15) is 15.5 Å². The van der Waals surface area contributed by atoms with Gasteiger partial charge in [-0.05, 0) is 74.4 Å². The summed E-state index contributed by atoms with van der Waals surface area (Å²) in [7, 11) is 0. The number of benzene rings is 1. The molecule has 2 aliphatic heterocycles. The van der Waals surface area contributed by atoms with E-state index >= 15 is 0 Å². The summed E-state index contributed by atoms with van der Waals surface area (Å²) in [6, 6.07) is 8.32. The zero-order chi connectivity index (χ0) is 25.7. The van der Waals surface area contributed by atoms with Gasteiger partial charge in [0, 0.05) is 25.0 Å². The van der Waals surface area contributed by atoms with Crippen LogP contribution in [0.25, 0.3) is 6.08 Å². The zero-order valence-corrected chi connectivity index (χ0v) is 20.9. The Bertz CT molecular complexity index is 1550. The molecule has 4 aliphatic carbocycles. The third kappa shape index (κ3) is 2.86. The molecule has 1 N–H and O–H groups in total. The number of carbonyl (C=O) groups excluding carboxylic acids is 1. The van der Waals surface area contributed by atoms with Gasteiger partial charge < -0.3 is 14.8 Å². The molecule has 1 amide bonds. The van der Waals surface area contributed by atoms with Gasteiger partial charge in [0.15, 0.2) is 11.3 Å². The molecule has 9 nitrogen and oxygen atoms in total. The van der Waals surface area contributed by atoms with Gasteiger partial charge in [0.25, 0.3) is 0 Å². The van der Waals surface area contributed by atoms with Crippen molar-refractivity contribution < 1.29 is 18.8 Å². The highest BCUT2D eigenvalue weighted by Crippen LogP contribution is 2.68. The highest BCUT2D eigenvalue weighted by atomic mass is 16.5. The lowest BCUT2D eigenvalue weighted by atomic mass is 9.40. The Morgan fingerprint density at radius 1 is 1.22 bits per heavy atom. The normalized spacial score (nSPS) is 31.9. The Labute approximate surface area is 214 Å². The lowest BCUT2D eigenvalue weighted by Crippen LogP contribution is -2.70. The number of amides is 1. The smallest absolute Gasteiger partial charge is 0.438 e. The number of ether oxygens (including phenoxy) is 2. The predicted molar refractivity (Wildman–Crippen MR) is 132 cm³/mol. The molecular weight excluding hydrogens is 468 g/mol. The number of rotatable bonds is 5. The van der Waals surface area contributed by atoms with Crippen LogP contribution in [0.4, 0.5) is 5.95 Å². The number of anilines is 1. The Kier molecular flexibility index (Phi) is 4.20. The molecule has 1 aromatic heterocycles. The molecular formula is C28H25N6O3+. The van der Waals surface area contributed by atoms with Crippen molar-refractivity contribution in [2.75, 3.05) is 5.32 Å². The van der Waals surface area contributed by atoms with Gasteiger partial charge in [-0.25, -0.2) is 9.78 Å². The van der Waals surface area contributed by atoms with E-state index in [0.29, 0.717) is 28.8 Å². The number of aromatic nitrogens is 2. The van der Waals surface area contributed by atoms with Gasteiger partial charge in [-0.1, -0.05) is 0 Å². The topological polar surface area (TPSA) is 124 Å². The maximum Gasteiger partial charge on any atom is 0.441 e. The first kappa shape index (κ1) is 22.1. The van der Waals surface area contributed by atoms with Crippen molar-refractivity contribution in [1.29, 1.82) is 10.5 Å². The third-order valence-electron chi connectivity index (χ3n) is 8.54. The molecule has 3 heterocycles. The highest BCUT2D eigenvalue weighted by molar-refractivity contribution is 6.01. The van der Waals surface area contributed by atoms with Gasteiger partial charge >= 0.3 is 11.6 Å². The van der Waals surface area contributed by atoms with E-state index in [4.69, 9.17) is 19.7 Å². The molecule has 0 spiro atoms. The number of nitriles is 2. The molecule has 0 radical (unpaired) electrons. The monoisotopic (exact) mass is 493 g/mol. The van der Waals surface area contributed by atoms with Gasteiger partial charge in [0.1, 0.15) is 11.9 Å². The molecule has 184 valence electrons. The maximum absolute atomic E-state index is 13.6. The van der Waals surface area contributed by atoms with Crippen molar-refractivity contribution in [2.24, 2.45) is 5.41 Å². The Balaban J connectivity index is 1.33. The van der Waals surface area contributed by atoms with Gasteiger partial charge in [-0.3, -0.25) is 0 Å². The van der Waals surface area contributed by atoms with E-state index in [9.17, 15) is 10.1 Å². The van der Waals surface area contributed by atoms with Crippen molar-refractivity contribution >= 4 is 23.6 Å². The Morgan fingerprint density at radius 3 is 2.57 bits per heavy atom. The average Bonchev–Trinajstić information content (AvgIpc) is 3.14. The number of carbonyl (C=O) groups is 1. The first-order chi connectivity index (χ1) is 17.7. The number of fused-ring (bicyclic) bond motifs is 4. The second kappa shape index (κ2) is 7.02. The molecule has 9 heteroatoms. The number of nitrogens with one attached hydrogen (secondary N) is 1. The molecule has 0 unspecified atom stereocenters. The summed E-state index contributed by atoms with van der Waals surface area (Å²) in [5, 5.41) is 21.7. The Morgan fingerprint density at radius 2 is 1.95 bits per heavy atom. The van der Waals surface area contributed by atoms with Crippen molar-refractivity contribution in [3.8, 4) is 23.8 Å². The van der Waals surface area contributed by atoms with Crippen LogP contribution in [0.5, 0.6) is 11.6 Å². The second-order valence-electron chi connectivity index (χ2n) is 11.2. The second-order valence-corrected chi connectivity index (χ2v) is 11.2. The SMILES string of the molecule is Cc1cc(/C=C/C#N)cc(C)c1Oc1nc(NC23CC(C#N)(C2)C3)nc2c1[C@@]1(C)O[C@H]3CCC3=[N+]1C2=O. The van der Waals surface area contributed by atoms with Gasteiger partial charge in [-0.15, -0.1) is 4.58 Å². The summed E-state index contributed by atoms with van der Waals surface area (Å²) in [4.78, 5) is 23.1. The van der Waals surface area contributed by atoms with Crippen molar-refractivity contribution in [1.82, 2.24) is 9.97 Å². The summed E-state index contributed by atoms with van der Waals surface area (Å²) in [6.45, 7) is 5.77. The largest absolute Gasteiger partial charge is 0.441 e. The molecule has 37 heavy (non-hydrogen) atoms. The van der Waals surface area contributed by atoms with Crippen LogP contribution >= 0.6 is 0 Å². The Hall–Kier alpha value is -4.08. The van der Waals surface area contributed by atoms with Crippen molar-refractivity contribution in [3.63, 3.8) is 0 Å². The highest BCUT2D eigenvalue weighted by Gasteiger charge is 2.70. The van der Waals surface area contributed by atoms with Crippen molar-refractivity contribution in [3.05, 3.63) is 46.2 Å². The fourth-order valence-corrected chi connectivity index (χ4v) is 6.87. The lowest BCUT2D eigenvalue weighted by Gasteiger charge is -2.66. The number of nitrogens with zero attached hydrogens (tertiary/aromatic N) is 5. The standard InChI is InChI=1S/C28H25N6O3/c1-15-9-17(5-4-8-29)10-16(2)22(15)36-23-20-21(24(35)34-18-6-7-19(18)37-26(20,34)3)31-25(32-23)33-28-11-27(12-28,13-28)14-30/h4-5,9-10,19H,6-7,11-13H2,1-3H3,(H,31,32,33)/q+1/b5-4+/t19-,26+,27?,28?/m0/s1. The minimum absolute atomic E-state index is 0.0645. The molecule has 0 saturated heterocycles. The summed E-state index contributed by atoms with van der Waals surface area (Å²) >= 11 is 0. The molecule has 4 saturated carbocycles. The fraction of sp³-hybridized carbons (Fsp3) is 0.429. The van der Waals surface area contributed by atoms with Gasteiger partial charge in [0.2, 0.25) is 17.5 Å².